The van der Waals surface area contributed by atoms with E-state index in [1.54, 1.807) is 30.6 Å². The van der Waals surface area contributed by atoms with Crippen LogP contribution < -0.4 is 11.1 Å². The van der Waals surface area contributed by atoms with E-state index in [-0.39, 0.29) is 12.4 Å². The molecule has 0 aromatic rings. The molecule has 0 spiro atoms. The number of nitrogens with two attached hydrogens (primary N) is 1. The third kappa shape index (κ3) is 2.91. The molecule has 1 amide bonds. The standard InChI is InChI=1S/C7H8N2O.ClH/c8-7(10)6-3-1-2-4-9-5-6;/h1-5,9H,(H2,8,10);1H. The van der Waals surface area contributed by atoms with E-state index >= 15 is 0 Å². The molecule has 0 aliphatic carbocycles. The highest BCUT2D eigenvalue weighted by molar-refractivity contribution is 5.94. The highest BCUT2D eigenvalue weighted by Gasteiger charge is 1.98. The smallest absolute Gasteiger partial charge is 0.250 e. The van der Waals surface area contributed by atoms with E-state index in [4.69, 9.17) is 5.73 Å². The molecule has 3 nitrogen and oxygen atoms in total. The van der Waals surface area contributed by atoms with Crippen molar-refractivity contribution < 1.29 is 4.79 Å². The van der Waals surface area contributed by atoms with Crippen LogP contribution in [0.25, 0.3) is 0 Å². The van der Waals surface area contributed by atoms with E-state index in [9.17, 15) is 4.79 Å². The van der Waals surface area contributed by atoms with E-state index in [1.165, 1.54) is 0 Å². The molecule has 1 heterocycles. The monoisotopic (exact) mass is 172 g/mol. The summed E-state index contributed by atoms with van der Waals surface area (Å²) >= 11 is 0. The van der Waals surface area contributed by atoms with Gasteiger partial charge in [-0.25, -0.2) is 0 Å². The minimum absolute atomic E-state index is 0. The van der Waals surface area contributed by atoms with Gasteiger partial charge in [-0.2, -0.15) is 0 Å². The second kappa shape index (κ2) is 4.57. The summed E-state index contributed by atoms with van der Waals surface area (Å²) < 4.78 is 0. The molecule has 1 aliphatic heterocycles. The first kappa shape index (κ1) is 9.78. The molecule has 4 heteroatoms. The van der Waals surface area contributed by atoms with Crippen LogP contribution in [0.5, 0.6) is 0 Å². The van der Waals surface area contributed by atoms with E-state index in [0.29, 0.717) is 5.57 Å². The largest absolute Gasteiger partial charge is 0.367 e. The average molecular weight is 173 g/mol. The molecule has 1 aliphatic rings. The third-order valence-corrected chi connectivity index (χ3v) is 1.10. The van der Waals surface area contributed by atoms with Crippen LogP contribution in [0.1, 0.15) is 0 Å². The maximum Gasteiger partial charge on any atom is 0.250 e. The maximum atomic E-state index is 10.5. The van der Waals surface area contributed by atoms with Crippen LogP contribution in [0.15, 0.2) is 36.2 Å². The van der Waals surface area contributed by atoms with Crippen molar-refractivity contribution in [3.63, 3.8) is 0 Å². The Hall–Kier alpha value is -1.22. The molecule has 60 valence electrons. The van der Waals surface area contributed by atoms with Gasteiger partial charge in [0.05, 0.1) is 5.57 Å². The molecule has 0 saturated carbocycles. The predicted molar refractivity (Wildman–Crippen MR) is 45.9 cm³/mol. The molecular formula is C7H9ClN2O. The van der Waals surface area contributed by atoms with Gasteiger partial charge in [0.25, 0.3) is 0 Å². The maximum absolute atomic E-state index is 10.5. The van der Waals surface area contributed by atoms with Crippen LogP contribution in [0.2, 0.25) is 0 Å². The minimum atomic E-state index is -0.424. The van der Waals surface area contributed by atoms with Crippen molar-refractivity contribution >= 4 is 18.3 Å². The van der Waals surface area contributed by atoms with Crippen molar-refractivity contribution in [2.45, 2.75) is 0 Å². The zero-order valence-corrected chi connectivity index (χ0v) is 6.60. The molecule has 3 N–H and O–H groups in total. The Labute approximate surface area is 71.1 Å². The van der Waals surface area contributed by atoms with E-state index in [0.717, 1.165) is 0 Å². The van der Waals surface area contributed by atoms with Crippen molar-refractivity contribution in [2.24, 2.45) is 5.73 Å². The molecule has 0 fully saturated rings. The average Bonchev–Trinajstić information content (AvgIpc) is 2.12. The number of primary amides is 1. The van der Waals surface area contributed by atoms with Crippen molar-refractivity contribution in [3.05, 3.63) is 36.2 Å². The zero-order chi connectivity index (χ0) is 7.40. The van der Waals surface area contributed by atoms with Crippen molar-refractivity contribution in [2.75, 3.05) is 0 Å². The first-order valence-corrected chi connectivity index (χ1v) is 2.90. The van der Waals surface area contributed by atoms with Crippen molar-refractivity contribution in [3.8, 4) is 0 Å². The number of rotatable bonds is 1. The Balaban J connectivity index is 0.000001000. The Morgan fingerprint density at radius 1 is 1.45 bits per heavy atom. The summed E-state index contributed by atoms with van der Waals surface area (Å²) in [5, 5.41) is 2.77. The zero-order valence-electron chi connectivity index (χ0n) is 5.78. The lowest BCUT2D eigenvalue weighted by atomic mass is 10.2. The van der Waals surface area contributed by atoms with Crippen LogP contribution in [-0.2, 0) is 4.79 Å². The van der Waals surface area contributed by atoms with E-state index in [1.807, 2.05) is 0 Å². The van der Waals surface area contributed by atoms with Gasteiger partial charge in [0.15, 0.2) is 0 Å². The van der Waals surface area contributed by atoms with Gasteiger partial charge in [-0.1, -0.05) is 6.08 Å². The Bertz CT molecular complexity index is 231. The quantitative estimate of drug-likeness (QED) is 0.604. The minimum Gasteiger partial charge on any atom is -0.367 e. The third-order valence-electron chi connectivity index (χ3n) is 1.10. The summed E-state index contributed by atoms with van der Waals surface area (Å²) in [6, 6.07) is 0. The van der Waals surface area contributed by atoms with Gasteiger partial charge in [0.2, 0.25) is 5.91 Å². The topological polar surface area (TPSA) is 55.1 Å². The molecule has 0 aromatic carbocycles. The number of hydrogen-bond donors (Lipinski definition) is 2. The number of halogens is 1. The predicted octanol–water partition coefficient (Wildman–Crippen LogP) is 0.451. The summed E-state index contributed by atoms with van der Waals surface area (Å²) in [6.07, 6.45) is 8.46. The Morgan fingerprint density at radius 3 is 2.82 bits per heavy atom. The summed E-state index contributed by atoms with van der Waals surface area (Å²) in [6.45, 7) is 0. The molecule has 0 saturated heterocycles. The number of nitrogens with one attached hydrogen (secondary N) is 1. The molecule has 0 bridgehead atoms. The van der Waals surface area contributed by atoms with E-state index < -0.39 is 5.91 Å². The van der Waals surface area contributed by atoms with Crippen LogP contribution in [-0.4, -0.2) is 5.91 Å². The van der Waals surface area contributed by atoms with Crippen LogP contribution in [0.3, 0.4) is 0 Å². The lowest BCUT2D eigenvalue weighted by molar-refractivity contribution is -0.114. The second-order valence-corrected chi connectivity index (χ2v) is 1.85. The SMILES string of the molecule is Cl.NC(=O)C1=CNC=CC=C1. The number of hydrogen-bond acceptors (Lipinski definition) is 2. The number of amides is 1. The van der Waals surface area contributed by atoms with Gasteiger partial charge in [0, 0.05) is 12.4 Å². The van der Waals surface area contributed by atoms with Crippen LogP contribution >= 0.6 is 12.4 Å². The fourth-order valence-electron chi connectivity index (χ4n) is 0.610. The number of carbonyl (C=O) groups excluding carboxylic acids is 1. The fourth-order valence-corrected chi connectivity index (χ4v) is 0.610. The molecule has 0 aromatic heterocycles. The molecule has 0 radical (unpaired) electrons. The number of allylic oxidation sites excluding steroid dienone is 2. The van der Waals surface area contributed by atoms with Gasteiger partial charge >= 0.3 is 0 Å². The highest BCUT2D eigenvalue weighted by atomic mass is 35.5. The lowest BCUT2D eigenvalue weighted by Gasteiger charge is -1.91. The summed E-state index contributed by atoms with van der Waals surface area (Å²) in [7, 11) is 0. The molecule has 1 rings (SSSR count). The van der Waals surface area contributed by atoms with E-state index in [2.05, 4.69) is 5.32 Å². The van der Waals surface area contributed by atoms with Crippen molar-refractivity contribution in [1.82, 2.24) is 5.32 Å². The lowest BCUT2D eigenvalue weighted by Crippen LogP contribution is -2.13. The molecule has 0 atom stereocenters. The summed E-state index contributed by atoms with van der Waals surface area (Å²) in [5.74, 6) is -0.424. The summed E-state index contributed by atoms with van der Waals surface area (Å²) in [5.41, 5.74) is 5.49. The normalized spacial score (nSPS) is 14.0. The number of carbonyl (C=O) groups is 1. The summed E-state index contributed by atoms with van der Waals surface area (Å²) in [4.78, 5) is 10.5. The molecule has 11 heavy (non-hydrogen) atoms. The molecular weight excluding hydrogens is 164 g/mol. The van der Waals surface area contributed by atoms with Gasteiger partial charge in [-0.05, 0) is 12.2 Å². The van der Waals surface area contributed by atoms with Crippen molar-refractivity contribution in [1.29, 1.82) is 0 Å². The van der Waals surface area contributed by atoms with Gasteiger partial charge < -0.3 is 11.1 Å². The molecule has 0 unspecified atom stereocenters. The van der Waals surface area contributed by atoms with Gasteiger partial charge in [-0.15, -0.1) is 12.4 Å². The Kier molecular flexibility index (Phi) is 4.07. The van der Waals surface area contributed by atoms with Crippen LogP contribution in [0, 0.1) is 0 Å². The first-order chi connectivity index (χ1) is 4.80. The first-order valence-electron chi connectivity index (χ1n) is 2.90. The second-order valence-electron chi connectivity index (χ2n) is 1.85. The highest BCUT2D eigenvalue weighted by Crippen LogP contribution is 1.96. The fraction of sp³-hybridized carbons (Fsp3) is 0. The Morgan fingerprint density at radius 2 is 2.18 bits per heavy atom. The van der Waals surface area contributed by atoms with Gasteiger partial charge in [0.1, 0.15) is 0 Å². The van der Waals surface area contributed by atoms with Gasteiger partial charge in [-0.3, -0.25) is 4.79 Å². The van der Waals surface area contributed by atoms with Crippen LogP contribution in [0.4, 0.5) is 0 Å².